The van der Waals surface area contributed by atoms with Crippen molar-refractivity contribution in [1.29, 1.82) is 0 Å². The minimum Gasteiger partial charge on any atom is -0.324 e. The minimum absolute atomic E-state index is 0.202. The zero-order valence-corrected chi connectivity index (χ0v) is 11.3. The molecular formula is C15H20ClN. The van der Waals surface area contributed by atoms with Gasteiger partial charge in [-0.3, -0.25) is 0 Å². The molecule has 1 atom stereocenters. The Kier molecular flexibility index (Phi) is 3.60. The summed E-state index contributed by atoms with van der Waals surface area (Å²) >= 11 is 6.00. The van der Waals surface area contributed by atoms with Crippen LogP contribution in [0.15, 0.2) is 35.9 Å². The second kappa shape index (κ2) is 4.83. The van der Waals surface area contributed by atoms with Crippen LogP contribution in [0.25, 0.3) is 0 Å². The standard InChI is InChI=1S/C15H20ClN/c1-15(2)9-12(8-14(17)10-15)6-11-4-3-5-13(16)7-11/h3-5,7-8,14H,6,9-10,17H2,1-2H3. The molecule has 0 saturated carbocycles. The number of hydrogen-bond acceptors (Lipinski definition) is 1. The molecule has 0 bridgehead atoms. The molecule has 0 saturated heterocycles. The molecule has 1 unspecified atom stereocenters. The number of nitrogens with two attached hydrogens (primary N) is 1. The van der Waals surface area contributed by atoms with Crippen LogP contribution < -0.4 is 5.73 Å². The summed E-state index contributed by atoms with van der Waals surface area (Å²) in [6, 6.07) is 8.28. The van der Waals surface area contributed by atoms with Crippen LogP contribution >= 0.6 is 11.6 Å². The third kappa shape index (κ3) is 3.58. The van der Waals surface area contributed by atoms with E-state index in [2.05, 4.69) is 26.0 Å². The van der Waals surface area contributed by atoms with Gasteiger partial charge in [0.15, 0.2) is 0 Å². The Morgan fingerprint density at radius 1 is 1.41 bits per heavy atom. The minimum atomic E-state index is 0.202. The van der Waals surface area contributed by atoms with E-state index >= 15 is 0 Å². The average molecular weight is 250 g/mol. The Morgan fingerprint density at radius 2 is 2.18 bits per heavy atom. The number of halogens is 1. The van der Waals surface area contributed by atoms with Gasteiger partial charge in [-0.2, -0.15) is 0 Å². The highest BCUT2D eigenvalue weighted by Gasteiger charge is 2.26. The second-order valence-electron chi connectivity index (χ2n) is 5.84. The number of rotatable bonds is 2. The molecule has 0 amide bonds. The smallest absolute Gasteiger partial charge is 0.0408 e. The quantitative estimate of drug-likeness (QED) is 0.789. The summed E-state index contributed by atoms with van der Waals surface area (Å²) in [5.41, 5.74) is 9.12. The highest BCUT2D eigenvalue weighted by molar-refractivity contribution is 6.30. The maximum atomic E-state index is 6.08. The Labute approximate surface area is 109 Å². The van der Waals surface area contributed by atoms with Gasteiger partial charge in [-0.1, -0.05) is 49.2 Å². The Hall–Kier alpha value is -0.790. The van der Waals surface area contributed by atoms with Crippen LogP contribution in [-0.4, -0.2) is 6.04 Å². The molecule has 0 aliphatic heterocycles. The summed E-state index contributed by atoms with van der Waals surface area (Å²) in [6.45, 7) is 4.58. The summed E-state index contributed by atoms with van der Waals surface area (Å²) in [5, 5.41) is 0.808. The van der Waals surface area contributed by atoms with Gasteiger partial charge in [0.05, 0.1) is 0 Å². The third-order valence-electron chi connectivity index (χ3n) is 3.26. The molecule has 0 spiro atoms. The average Bonchev–Trinajstić information content (AvgIpc) is 2.13. The van der Waals surface area contributed by atoms with Gasteiger partial charge in [0.25, 0.3) is 0 Å². The van der Waals surface area contributed by atoms with E-state index in [1.807, 2.05) is 18.2 Å². The first-order chi connectivity index (χ1) is 7.94. The van der Waals surface area contributed by atoms with Gasteiger partial charge in [0.1, 0.15) is 0 Å². The van der Waals surface area contributed by atoms with Gasteiger partial charge in [0.2, 0.25) is 0 Å². The fourth-order valence-electron chi connectivity index (χ4n) is 2.78. The molecule has 0 aromatic heterocycles. The molecule has 1 aromatic rings. The molecule has 1 nitrogen and oxygen atoms in total. The van der Waals surface area contributed by atoms with Gasteiger partial charge in [0, 0.05) is 11.1 Å². The van der Waals surface area contributed by atoms with Crippen LogP contribution in [0.4, 0.5) is 0 Å². The predicted octanol–water partition coefficient (Wildman–Crippen LogP) is 3.96. The summed E-state index contributed by atoms with van der Waals surface area (Å²) < 4.78 is 0. The maximum Gasteiger partial charge on any atom is 0.0408 e. The van der Waals surface area contributed by atoms with E-state index < -0.39 is 0 Å². The Balaban J connectivity index is 2.14. The molecule has 2 rings (SSSR count). The van der Waals surface area contributed by atoms with Gasteiger partial charge in [-0.25, -0.2) is 0 Å². The maximum absolute atomic E-state index is 6.08. The summed E-state index contributed by atoms with van der Waals surface area (Å²) in [7, 11) is 0. The van der Waals surface area contributed by atoms with Crippen molar-refractivity contribution < 1.29 is 0 Å². The largest absolute Gasteiger partial charge is 0.324 e. The summed E-state index contributed by atoms with van der Waals surface area (Å²) in [6.07, 6.45) is 5.41. The highest BCUT2D eigenvalue weighted by atomic mass is 35.5. The molecule has 0 fully saturated rings. The lowest BCUT2D eigenvalue weighted by atomic mass is 9.74. The van der Waals surface area contributed by atoms with E-state index in [0.717, 1.165) is 24.3 Å². The van der Waals surface area contributed by atoms with Crippen molar-refractivity contribution in [1.82, 2.24) is 0 Å². The molecule has 1 aromatic carbocycles. The molecule has 0 heterocycles. The Bertz CT molecular complexity index is 434. The Morgan fingerprint density at radius 3 is 2.82 bits per heavy atom. The van der Waals surface area contributed by atoms with Crippen molar-refractivity contribution in [3.05, 3.63) is 46.5 Å². The van der Waals surface area contributed by atoms with Crippen molar-refractivity contribution in [2.24, 2.45) is 11.1 Å². The first-order valence-electron chi connectivity index (χ1n) is 6.14. The molecule has 0 radical (unpaired) electrons. The van der Waals surface area contributed by atoms with Gasteiger partial charge in [-0.05, 0) is 42.4 Å². The lowest BCUT2D eigenvalue weighted by Crippen LogP contribution is -2.31. The molecular weight excluding hydrogens is 230 g/mol. The number of allylic oxidation sites excluding steroid dienone is 1. The molecule has 1 aliphatic carbocycles. The third-order valence-corrected chi connectivity index (χ3v) is 3.50. The normalized spacial score (nSPS) is 23.3. The van der Waals surface area contributed by atoms with E-state index in [9.17, 15) is 0 Å². The van der Waals surface area contributed by atoms with Gasteiger partial charge >= 0.3 is 0 Å². The van der Waals surface area contributed by atoms with Crippen LogP contribution in [0.5, 0.6) is 0 Å². The van der Waals surface area contributed by atoms with Gasteiger partial charge < -0.3 is 5.73 Å². The van der Waals surface area contributed by atoms with Crippen molar-refractivity contribution in [3.63, 3.8) is 0 Å². The molecule has 2 N–H and O–H groups in total. The molecule has 92 valence electrons. The zero-order valence-electron chi connectivity index (χ0n) is 10.5. The highest BCUT2D eigenvalue weighted by Crippen LogP contribution is 2.36. The van der Waals surface area contributed by atoms with E-state index in [0.29, 0.717) is 5.41 Å². The van der Waals surface area contributed by atoms with Gasteiger partial charge in [-0.15, -0.1) is 0 Å². The van der Waals surface area contributed by atoms with E-state index in [-0.39, 0.29) is 6.04 Å². The lowest BCUT2D eigenvalue weighted by molar-refractivity contribution is 0.299. The van der Waals surface area contributed by atoms with Crippen LogP contribution in [0.3, 0.4) is 0 Å². The monoisotopic (exact) mass is 249 g/mol. The first-order valence-corrected chi connectivity index (χ1v) is 6.52. The van der Waals surface area contributed by atoms with E-state index in [1.54, 1.807) is 0 Å². The van der Waals surface area contributed by atoms with Crippen molar-refractivity contribution in [3.8, 4) is 0 Å². The van der Waals surface area contributed by atoms with E-state index in [1.165, 1.54) is 11.1 Å². The van der Waals surface area contributed by atoms with Crippen LogP contribution in [0.1, 0.15) is 32.3 Å². The molecule has 17 heavy (non-hydrogen) atoms. The van der Waals surface area contributed by atoms with Crippen LogP contribution in [-0.2, 0) is 6.42 Å². The van der Waals surface area contributed by atoms with E-state index in [4.69, 9.17) is 17.3 Å². The molecule has 1 aliphatic rings. The SMILES string of the molecule is CC1(C)CC(Cc2cccc(Cl)c2)=CC(N)C1. The lowest BCUT2D eigenvalue weighted by Gasteiger charge is -2.33. The number of benzene rings is 1. The predicted molar refractivity (Wildman–Crippen MR) is 74.2 cm³/mol. The fourth-order valence-corrected chi connectivity index (χ4v) is 2.99. The van der Waals surface area contributed by atoms with Crippen LogP contribution in [0, 0.1) is 5.41 Å². The first kappa shape index (κ1) is 12.7. The molecule has 2 heteroatoms. The topological polar surface area (TPSA) is 26.0 Å². The van der Waals surface area contributed by atoms with Crippen molar-refractivity contribution in [2.75, 3.05) is 0 Å². The van der Waals surface area contributed by atoms with Crippen molar-refractivity contribution in [2.45, 2.75) is 39.2 Å². The summed E-state index contributed by atoms with van der Waals surface area (Å²) in [4.78, 5) is 0. The number of hydrogen-bond donors (Lipinski definition) is 1. The zero-order chi connectivity index (χ0) is 12.5. The summed E-state index contributed by atoms with van der Waals surface area (Å²) in [5.74, 6) is 0. The van der Waals surface area contributed by atoms with Crippen LogP contribution in [0.2, 0.25) is 5.02 Å². The second-order valence-corrected chi connectivity index (χ2v) is 6.28. The van der Waals surface area contributed by atoms with Crippen molar-refractivity contribution >= 4 is 11.6 Å². The fraction of sp³-hybridized carbons (Fsp3) is 0.467.